The molecule has 2 fully saturated rings. The van der Waals surface area contributed by atoms with Gasteiger partial charge in [0.25, 0.3) is 0 Å². The summed E-state index contributed by atoms with van der Waals surface area (Å²) in [5.41, 5.74) is 8.20. The average molecular weight is 258 g/mol. The van der Waals surface area contributed by atoms with E-state index in [0.717, 1.165) is 44.5 Å². The molecule has 1 aliphatic heterocycles. The first-order valence-corrected chi connectivity index (χ1v) is 7.39. The van der Waals surface area contributed by atoms with E-state index >= 15 is 0 Å². The van der Waals surface area contributed by atoms with E-state index in [1.165, 1.54) is 12.0 Å². The number of hydrogen-bond acceptors (Lipinski definition) is 2. The standard InChI is InChI=1S/C16H22N2O/c17-15-7-2-1-6-14(15)12-8-10-18(11-9-12)16(19)13-4-3-5-13/h1-2,6-7,12-13H,3-5,8-11,17H2. The van der Waals surface area contributed by atoms with Crippen molar-refractivity contribution in [2.45, 2.75) is 38.0 Å². The van der Waals surface area contributed by atoms with Gasteiger partial charge >= 0.3 is 0 Å². The molecule has 0 aromatic heterocycles. The zero-order chi connectivity index (χ0) is 13.2. The Hall–Kier alpha value is -1.51. The lowest BCUT2D eigenvalue weighted by molar-refractivity contribution is -0.139. The summed E-state index contributed by atoms with van der Waals surface area (Å²) in [4.78, 5) is 14.3. The van der Waals surface area contributed by atoms with Gasteiger partial charge in [-0.05, 0) is 43.2 Å². The number of benzene rings is 1. The largest absolute Gasteiger partial charge is 0.398 e. The molecular formula is C16H22N2O. The fraction of sp³-hybridized carbons (Fsp3) is 0.562. The normalized spacial score (nSPS) is 21.2. The maximum atomic E-state index is 12.2. The number of nitrogens with zero attached hydrogens (tertiary/aromatic N) is 1. The van der Waals surface area contributed by atoms with E-state index in [-0.39, 0.29) is 0 Å². The number of nitrogen functional groups attached to an aromatic ring is 1. The van der Waals surface area contributed by atoms with Crippen LogP contribution in [0.4, 0.5) is 5.69 Å². The Kier molecular flexibility index (Phi) is 3.45. The van der Waals surface area contributed by atoms with E-state index in [2.05, 4.69) is 17.0 Å². The first kappa shape index (κ1) is 12.5. The van der Waals surface area contributed by atoms with Crippen LogP contribution in [0.15, 0.2) is 24.3 Å². The monoisotopic (exact) mass is 258 g/mol. The number of para-hydroxylation sites is 1. The first-order valence-electron chi connectivity index (χ1n) is 7.39. The van der Waals surface area contributed by atoms with E-state index < -0.39 is 0 Å². The Morgan fingerprint density at radius 2 is 1.79 bits per heavy atom. The molecule has 1 aromatic rings. The van der Waals surface area contributed by atoms with Crippen molar-refractivity contribution in [1.82, 2.24) is 4.90 Å². The highest BCUT2D eigenvalue weighted by atomic mass is 16.2. The lowest BCUT2D eigenvalue weighted by Gasteiger charge is -2.37. The summed E-state index contributed by atoms with van der Waals surface area (Å²) in [6, 6.07) is 8.14. The molecule has 0 atom stereocenters. The fourth-order valence-corrected chi connectivity index (χ4v) is 3.21. The molecule has 1 aliphatic carbocycles. The molecule has 0 radical (unpaired) electrons. The van der Waals surface area contributed by atoms with Gasteiger partial charge < -0.3 is 10.6 Å². The summed E-state index contributed by atoms with van der Waals surface area (Å²) in [5, 5.41) is 0. The minimum absolute atomic E-state index is 0.332. The van der Waals surface area contributed by atoms with E-state index in [9.17, 15) is 4.79 Å². The number of amides is 1. The molecule has 1 saturated carbocycles. The van der Waals surface area contributed by atoms with Gasteiger partial charge in [0.05, 0.1) is 0 Å². The summed E-state index contributed by atoms with van der Waals surface area (Å²) in [6.07, 6.45) is 5.53. The molecule has 0 unspecified atom stereocenters. The van der Waals surface area contributed by atoms with Crippen molar-refractivity contribution in [1.29, 1.82) is 0 Å². The lowest BCUT2D eigenvalue weighted by atomic mass is 9.83. The summed E-state index contributed by atoms with van der Waals surface area (Å²) < 4.78 is 0. The predicted octanol–water partition coefficient (Wildman–Crippen LogP) is 2.77. The molecule has 19 heavy (non-hydrogen) atoms. The topological polar surface area (TPSA) is 46.3 Å². The number of carbonyl (C=O) groups excluding carboxylic acids is 1. The molecule has 2 N–H and O–H groups in total. The number of likely N-dealkylation sites (tertiary alicyclic amines) is 1. The Morgan fingerprint density at radius 3 is 2.37 bits per heavy atom. The van der Waals surface area contributed by atoms with E-state index in [1.807, 2.05) is 12.1 Å². The quantitative estimate of drug-likeness (QED) is 0.829. The molecule has 3 rings (SSSR count). The zero-order valence-corrected chi connectivity index (χ0v) is 11.3. The van der Waals surface area contributed by atoms with Crippen molar-refractivity contribution in [3.63, 3.8) is 0 Å². The molecule has 1 aromatic carbocycles. The van der Waals surface area contributed by atoms with Crippen LogP contribution in [0.25, 0.3) is 0 Å². The van der Waals surface area contributed by atoms with Gasteiger partial charge in [0.2, 0.25) is 5.91 Å². The minimum Gasteiger partial charge on any atom is -0.398 e. The molecule has 1 saturated heterocycles. The molecule has 102 valence electrons. The summed E-state index contributed by atoms with van der Waals surface area (Å²) in [6.45, 7) is 1.79. The Bertz CT molecular complexity index is 460. The molecule has 2 aliphatic rings. The second-order valence-electron chi connectivity index (χ2n) is 5.86. The van der Waals surface area contributed by atoms with Crippen LogP contribution in [-0.4, -0.2) is 23.9 Å². The zero-order valence-electron chi connectivity index (χ0n) is 11.3. The van der Waals surface area contributed by atoms with Crippen LogP contribution < -0.4 is 5.73 Å². The maximum Gasteiger partial charge on any atom is 0.225 e. The molecular weight excluding hydrogens is 236 g/mol. The van der Waals surface area contributed by atoms with Crippen LogP contribution in [0.1, 0.15) is 43.6 Å². The number of anilines is 1. The van der Waals surface area contributed by atoms with Gasteiger partial charge in [0, 0.05) is 24.7 Å². The molecule has 1 heterocycles. The molecule has 0 bridgehead atoms. The van der Waals surface area contributed by atoms with Gasteiger partial charge in [-0.25, -0.2) is 0 Å². The van der Waals surface area contributed by atoms with Gasteiger partial charge in [0.1, 0.15) is 0 Å². The van der Waals surface area contributed by atoms with Crippen LogP contribution in [0.3, 0.4) is 0 Å². The van der Waals surface area contributed by atoms with Crippen LogP contribution in [0.2, 0.25) is 0 Å². The van der Waals surface area contributed by atoms with Gasteiger partial charge in [-0.15, -0.1) is 0 Å². The van der Waals surface area contributed by atoms with Crippen LogP contribution in [-0.2, 0) is 4.79 Å². The second-order valence-corrected chi connectivity index (χ2v) is 5.86. The van der Waals surface area contributed by atoms with Crippen molar-refractivity contribution >= 4 is 11.6 Å². The lowest BCUT2D eigenvalue weighted by Crippen LogP contribution is -2.43. The number of piperidine rings is 1. The van der Waals surface area contributed by atoms with Gasteiger partial charge in [-0.1, -0.05) is 24.6 Å². The Balaban J connectivity index is 1.60. The highest BCUT2D eigenvalue weighted by molar-refractivity contribution is 5.79. The molecule has 3 nitrogen and oxygen atoms in total. The van der Waals surface area contributed by atoms with Gasteiger partial charge in [-0.2, -0.15) is 0 Å². The Morgan fingerprint density at radius 1 is 1.11 bits per heavy atom. The third-order valence-electron chi connectivity index (χ3n) is 4.70. The minimum atomic E-state index is 0.332. The van der Waals surface area contributed by atoms with Crippen molar-refractivity contribution in [2.24, 2.45) is 5.92 Å². The van der Waals surface area contributed by atoms with Crippen LogP contribution in [0.5, 0.6) is 0 Å². The molecule has 0 spiro atoms. The van der Waals surface area contributed by atoms with Crippen LogP contribution in [0, 0.1) is 5.92 Å². The van der Waals surface area contributed by atoms with Crippen molar-refractivity contribution in [3.05, 3.63) is 29.8 Å². The Labute approximate surface area is 114 Å². The second kappa shape index (κ2) is 5.24. The molecule has 1 amide bonds. The smallest absolute Gasteiger partial charge is 0.225 e. The maximum absolute atomic E-state index is 12.2. The van der Waals surface area contributed by atoms with Gasteiger partial charge in [0.15, 0.2) is 0 Å². The van der Waals surface area contributed by atoms with Crippen molar-refractivity contribution in [3.8, 4) is 0 Å². The van der Waals surface area contributed by atoms with Crippen molar-refractivity contribution < 1.29 is 4.79 Å². The van der Waals surface area contributed by atoms with E-state index in [0.29, 0.717) is 17.7 Å². The summed E-state index contributed by atoms with van der Waals surface area (Å²) >= 11 is 0. The summed E-state index contributed by atoms with van der Waals surface area (Å²) in [5.74, 6) is 1.25. The third-order valence-corrected chi connectivity index (χ3v) is 4.70. The number of nitrogens with two attached hydrogens (primary N) is 1. The third kappa shape index (κ3) is 2.46. The number of hydrogen-bond donors (Lipinski definition) is 1. The fourth-order valence-electron chi connectivity index (χ4n) is 3.21. The predicted molar refractivity (Wildman–Crippen MR) is 76.8 cm³/mol. The molecule has 3 heteroatoms. The summed E-state index contributed by atoms with van der Waals surface area (Å²) in [7, 11) is 0. The van der Waals surface area contributed by atoms with Gasteiger partial charge in [-0.3, -0.25) is 4.79 Å². The SMILES string of the molecule is Nc1ccccc1C1CCN(C(=O)C2CCC2)CC1. The first-order chi connectivity index (χ1) is 9.25. The number of carbonyl (C=O) groups is 1. The van der Waals surface area contributed by atoms with Crippen LogP contribution >= 0.6 is 0 Å². The van der Waals surface area contributed by atoms with Crippen molar-refractivity contribution in [2.75, 3.05) is 18.8 Å². The van der Waals surface area contributed by atoms with E-state index in [1.54, 1.807) is 0 Å². The number of rotatable bonds is 2. The highest BCUT2D eigenvalue weighted by Gasteiger charge is 2.32. The highest BCUT2D eigenvalue weighted by Crippen LogP contribution is 2.34. The average Bonchev–Trinajstić information content (AvgIpc) is 2.37. The van der Waals surface area contributed by atoms with E-state index in [4.69, 9.17) is 5.73 Å².